The van der Waals surface area contributed by atoms with Crippen LogP contribution in [-0.4, -0.2) is 71.5 Å². The number of aromatic hydroxyl groups is 1. The molecule has 1 heterocycles. The normalized spacial score (nSPS) is 11.7. The minimum atomic E-state index is -2.84. The van der Waals surface area contributed by atoms with E-state index in [1.807, 2.05) is 60.8 Å². The van der Waals surface area contributed by atoms with Gasteiger partial charge in [0.15, 0.2) is 0 Å². The summed E-state index contributed by atoms with van der Waals surface area (Å²) in [5.74, 6) is 1.17. The quantitative estimate of drug-likeness (QED) is 0.135. The highest BCUT2D eigenvalue weighted by Gasteiger charge is 2.40. The van der Waals surface area contributed by atoms with Crippen LogP contribution in [0.15, 0.2) is 60.7 Å². The van der Waals surface area contributed by atoms with Crippen molar-refractivity contribution in [3.8, 4) is 39.7 Å². The van der Waals surface area contributed by atoms with E-state index in [0.29, 0.717) is 38.2 Å². The SMILES string of the molecule is CCO[Si](CCCn1c(-c2cc(C)c(O)c(C)c2)nc(-c2ccc(N(C)C)cc2)c1-c1ccc(N(C)C)cc1)(OCC)OCC. The maximum atomic E-state index is 10.6. The first kappa shape index (κ1) is 34.2. The molecule has 0 saturated heterocycles. The highest BCUT2D eigenvalue weighted by Crippen LogP contribution is 2.39. The zero-order valence-electron chi connectivity index (χ0n) is 28.5. The second-order valence-corrected chi connectivity index (χ2v) is 14.4. The van der Waals surface area contributed by atoms with Gasteiger partial charge >= 0.3 is 8.80 Å². The highest BCUT2D eigenvalue weighted by atomic mass is 28.4. The lowest BCUT2D eigenvalue weighted by atomic mass is 10.0. The van der Waals surface area contributed by atoms with Gasteiger partial charge in [0.05, 0.1) is 11.4 Å². The smallest absolute Gasteiger partial charge is 0.500 e. The van der Waals surface area contributed by atoms with Gasteiger partial charge in [-0.05, 0) is 88.6 Å². The number of aryl methyl sites for hydroxylation is 2. The van der Waals surface area contributed by atoms with E-state index in [4.69, 9.17) is 18.3 Å². The Balaban J connectivity index is 1.93. The zero-order chi connectivity index (χ0) is 32.7. The molecule has 3 aromatic carbocycles. The molecular weight excluding hydrogens is 581 g/mol. The van der Waals surface area contributed by atoms with Crippen molar-refractivity contribution in [1.82, 2.24) is 9.55 Å². The van der Waals surface area contributed by atoms with Crippen LogP contribution in [-0.2, 0) is 19.8 Å². The van der Waals surface area contributed by atoms with Gasteiger partial charge in [-0.25, -0.2) is 4.98 Å². The molecule has 9 heteroatoms. The van der Waals surface area contributed by atoms with Crippen LogP contribution in [0.3, 0.4) is 0 Å². The number of imidazole rings is 1. The Morgan fingerprint density at radius 1 is 0.711 bits per heavy atom. The van der Waals surface area contributed by atoms with Gasteiger partial charge in [-0.3, -0.25) is 0 Å². The Kier molecular flexibility index (Phi) is 11.5. The molecule has 0 radical (unpaired) electrons. The minimum Gasteiger partial charge on any atom is -0.507 e. The number of hydrogen-bond acceptors (Lipinski definition) is 7. The van der Waals surface area contributed by atoms with Gasteiger partial charge < -0.3 is 32.8 Å². The number of nitrogens with zero attached hydrogens (tertiary/aromatic N) is 4. The predicted octanol–water partition coefficient (Wildman–Crippen LogP) is 7.78. The van der Waals surface area contributed by atoms with Gasteiger partial charge in [0.25, 0.3) is 0 Å². The molecule has 45 heavy (non-hydrogen) atoms. The maximum Gasteiger partial charge on any atom is 0.500 e. The van der Waals surface area contributed by atoms with E-state index in [1.54, 1.807) is 0 Å². The van der Waals surface area contributed by atoms with Crippen molar-refractivity contribution in [3.05, 3.63) is 71.8 Å². The Morgan fingerprint density at radius 3 is 1.62 bits per heavy atom. The molecule has 0 aliphatic carbocycles. The summed E-state index contributed by atoms with van der Waals surface area (Å²) in [6, 6.07) is 22.0. The molecule has 4 aromatic rings. The molecule has 242 valence electrons. The number of aromatic nitrogens is 2. The molecule has 0 aliphatic heterocycles. The third-order valence-electron chi connectivity index (χ3n) is 7.99. The monoisotopic (exact) mass is 630 g/mol. The molecule has 8 nitrogen and oxygen atoms in total. The minimum absolute atomic E-state index is 0.316. The molecule has 0 bridgehead atoms. The maximum absolute atomic E-state index is 10.6. The van der Waals surface area contributed by atoms with Gasteiger partial charge in [0.1, 0.15) is 11.6 Å². The topological polar surface area (TPSA) is 72.2 Å². The number of rotatable bonds is 15. The zero-order valence-corrected chi connectivity index (χ0v) is 29.5. The van der Waals surface area contributed by atoms with Crippen molar-refractivity contribution < 1.29 is 18.4 Å². The molecule has 0 atom stereocenters. The van der Waals surface area contributed by atoms with E-state index in [2.05, 4.69) is 77.0 Å². The first-order valence-electron chi connectivity index (χ1n) is 15.9. The Hall–Kier alpha value is -3.63. The van der Waals surface area contributed by atoms with Crippen LogP contribution < -0.4 is 9.80 Å². The lowest BCUT2D eigenvalue weighted by molar-refractivity contribution is 0.0705. The summed E-state index contributed by atoms with van der Waals surface area (Å²) in [6.07, 6.45) is 0.785. The standard InChI is InChI=1S/C36H50N4O4Si/c1-10-42-45(43-11-2,44-12-3)23-13-22-40-34(29-16-20-32(21-17-29)39(8)9)33(28-14-18-31(19-15-28)38(6)7)37-36(40)30-24-26(4)35(41)27(5)25-30/h14-21,24-25,41H,10-13,22-23H2,1-9H3. The van der Waals surface area contributed by atoms with Crippen LogP contribution in [0.2, 0.25) is 6.04 Å². The third kappa shape index (κ3) is 7.78. The van der Waals surface area contributed by atoms with Crippen LogP contribution in [0, 0.1) is 13.8 Å². The summed E-state index contributed by atoms with van der Waals surface area (Å²) < 4.78 is 20.9. The predicted molar refractivity (Wildman–Crippen MR) is 188 cm³/mol. The Morgan fingerprint density at radius 2 is 1.18 bits per heavy atom. The molecule has 1 aromatic heterocycles. The molecule has 0 unspecified atom stereocenters. The average Bonchev–Trinajstić information content (AvgIpc) is 3.39. The fourth-order valence-corrected chi connectivity index (χ4v) is 8.35. The first-order valence-corrected chi connectivity index (χ1v) is 17.9. The summed E-state index contributed by atoms with van der Waals surface area (Å²) in [5, 5.41) is 10.6. The first-order chi connectivity index (χ1) is 21.5. The van der Waals surface area contributed by atoms with Crippen molar-refractivity contribution in [2.24, 2.45) is 0 Å². The molecular formula is C36H50N4O4Si. The second-order valence-electron chi connectivity index (χ2n) is 11.7. The molecule has 0 spiro atoms. The average molecular weight is 631 g/mol. The molecule has 4 rings (SSSR count). The van der Waals surface area contributed by atoms with Crippen molar-refractivity contribution in [2.75, 3.05) is 57.8 Å². The van der Waals surface area contributed by atoms with E-state index < -0.39 is 8.80 Å². The highest BCUT2D eigenvalue weighted by molar-refractivity contribution is 6.60. The Labute approximate surface area is 270 Å². The summed E-state index contributed by atoms with van der Waals surface area (Å²) in [4.78, 5) is 9.58. The van der Waals surface area contributed by atoms with Gasteiger partial charge in [0, 0.05) is 88.7 Å². The van der Waals surface area contributed by atoms with Gasteiger partial charge in [-0.1, -0.05) is 24.3 Å². The molecule has 0 saturated carbocycles. The summed E-state index contributed by atoms with van der Waals surface area (Å²) >= 11 is 0. The fraction of sp³-hybridized carbons (Fsp3) is 0.417. The van der Waals surface area contributed by atoms with E-state index >= 15 is 0 Å². The number of hydrogen-bond donors (Lipinski definition) is 1. The molecule has 0 aliphatic rings. The number of phenols is 1. The van der Waals surface area contributed by atoms with Crippen molar-refractivity contribution >= 4 is 20.2 Å². The van der Waals surface area contributed by atoms with E-state index in [0.717, 1.165) is 62.8 Å². The van der Waals surface area contributed by atoms with Crippen LogP contribution in [0.25, 0.3) is 33.9 Å². The lowest BCUT2D eigenvalue weighted by Gasteiger charge is -2.28. The number of benzene rings is 3. The van der Waals surface area contributed by atoms with Gasteiger partial charge in [-0.15, -0.1) is 0 Å². The number of anilines is 2. The van der Waals surface area contributed by atoms with Crippen molar-refractivity contribution in [2.45, 2.75) is 53.6 Å². The molecule has 1 N–H and O–H groups in total. The van der Waals surface area contributed by atoms with E-state index in [9.17, 15) is 5.11 Å². The molecule has 0 fully saturated rings. The molecule has 0 amide bonds. The van der Waals surface area contributed by atoms with Crippen LogP contribution in [0.4, 0.5) is 11.4 Å². The summed E-state index contributed by atoms with van der Waals surface area (Å²) in [6.45, 7) is 12.2. The summed E-state index contributed by atoms with van der Waals surface area (Å²) in [7, 11) is 5.36. The summed E-state index contributed by atoms with van der Waals surface area (Å²) in [5.41, 5.74) is 8.96. The fourth-order valence-electron chi connectivity index (χ4n) is 5.76. The van der Waals surface area contributed by atoms with Gasteiger partial charge in [-0.2, -0.15) is 0 Å². The van der Waals surface area contributed by atoms with Crippen LogP contribution in [0.1, 0.15) is 38.3 Å². The van der Waals surface area contributed by atoms with Crippen LogP contribution in [0.5, 0.6) is 5.75 Å². The Bertz CT molecular complexity index is 1510. The van der Waals surface area contributed by atoms with E-state index in [-0.39, 0.29) is 0 Å². The second kappa shape index (κ2) is 15.1. The lowest BCUT2D eigenvalue weighted by Crippen LogP contribution is -2.46. The third-order valence-corrected chi connectivity index (χ3v) is 11.1. The van der Waals surface area contributed by atoms with Crippen LogP contribution >= 0.6 is 0 Å². The van der Waals surface area contributed by atoms with Gasteiger partial charge in [0.2, 0.25) is 0 Å². The van der Waals surface area contributed by atoms with Crippen molar-refractivity contribution in [3.63, 3.8) is 0 Å². The largest absolute Gasteiger partial charge is 0.507 e. The number of phenolic OH excluding ortho intramolecular Hbond substituents is 1. The van der Waals surface area contributed by atoms with E-state index in [1.165, 1.54) is 0 Å². The van der Waals surface area contributed by atoms with Crippen molar-refractivity contribution in [1.29, 1.82) is 0 Å².